The van der Waals surface area contributed by atoms with Gasteiger partial charge in [-0.05, 0) is 68.7 Å². The van der Waals surface area contributed by atoms with Crippen LogP contribution in [0.2, 0.25) is 5.02 Å². The quantitative estimate of drug-likeness (QED) is 0.442. The van der Waals surface area contributed by atoms with Crippen molar-refractivity contribution in [1.82, 2.24) is 0 Å². The molecular formula is C23H30ClO4P. The average Bonchev–Trinajstić information content (AvgIpc) is 2.56. The lowest BCUT2D eigenvalue weighted by Crippen LogP contribution is -2.19. The monoisotopic (exact) mass is 436 g/mol. The van der Waals surface area contributed by atoms with Crippen LogP contribution in [-0.2, 0) is 0 Å². The van der Waals surface area contributed by atoms with E-state index in [0.717, 1.165) is 10.9 Å². The number of hydrogen-bond donors (Lipinski definition) is 0. The molecule has 0 aliphatic carbocycles. The fraction of sp³-hybridized carbons (Fsp3) is 0.435. The molecule has 0 aliphatic heterocycles. The van der Waals surface area contributed by atoms with Crippen LogP contribution in [0.3, 0.4) is 0 Å². The van der Waals surface area contributed by atoms with E-state index in [2.05, 4.69) is 0 Å². The number of carbonyl (C=O) groups is 1. The molecule has 158 valence electrons. The van der Waals surface area contributed by atoms with Crippen molar-refractivity contribution in [3.63, 3.8) is 0 Å². The van der Waals surface area contributed by atoms with Gasteiger partial charge in [0, 0.05) is 17.7 Å². The minimum absolute atomic E-state index is 0.00880. The lowest BCUT2D eigenvalue weighted by atomic mass is 10.1. The lowest BCUT2D eigenvalue weighted by molar-refractivity contribution is 0.108. The molecule has 0 spiro atoms. The highest BCUT2D eigenvalue weighted by atomic mass is 35.5. The van der Waals surface area contributed by atoms with Crippen molar-refractivity contribution in [3.05, 3.63) is 46.5 Å². The molecule has 0 saturated carbocycles. The van der Waals surface area contributed by atoms with Gasteiger partial charge in [0.2, 0.25) is 0 Å². The minimum atomic E-state index is -0.191. The van der Waals surface area contributed by atoms with Gasteiger partial charge in [-0.2, -0.15) is 0 Å². The van der Waals surface area contributed by atoms with E-state index < -0.39 is 0 Å². The van der Waals surface area contributed by atoms with E-state index in [0.29, 0.717) is 27.8 Å². The fourth-order valence-electron chi connectivity index (χ4n) is 2.82. The van der Waals surface area contributed by atoms with Gasteiger partial charge in [0.1, 0.15) is 17.2 Å². The molecule has 29 heavy (non-hydrogen) atoms. The van der Waals surface area contributed by atoms with E-state index in [1.54, 1.807) is 6.07 Å². The fourth-order valence-corrected chi connectivity index (χ4v) is 4.40. The topological polar surface area (TPSA) is 44.8 Å². The Morgan fingerprint density at radius 3 is 1.86 bits per heavy atom. The van der Waals surface area contributed by atoms with Crippen molar-refractivity contribution in [2.45, 2.75) is 66.8 Å². The first-order chi connectivity index (χ1) is 13.6. The summed E-state index contributed by atoms with van der Waals surface area (Å²) < 4.78 is 18.0. The zero-order valence-corrected chi connectivity index (χ0v) is 19.9. The molecule has 2 rings (SSSR count). The van der Waals surface area contributed by atoms with Crippen LogP contribution < -0.4 is 19.5 Å². The summed E-state index contributed by atoms with van der Waals surface area (Å²) in [6, 6.07) is 9.14. The van der Waals surface area contributed by atoms with Gasteiger partial charge < -0.3 is 14.2 Å². The summed E-state index contributed by atoms with van der Waals surface area (Å²) in [7, 11) is -0.191. The van der Waals surface area contributed by atoms with Crippen LogP contribution in [0.25, 0.3) is 0 Å². The maximum Gasteiger partial charge on any atom is 0.187 e. The number of halogens is 1. The molecule has 2 aromatic carbocycles. The highest BCUT2D eigenvalue weighted by molar-refractivity contribution is 7.66. The molecular weight excluding hydrogens is 407 g/mol. The number of hydrogen-bond acceptors (Lipinski definition) is 4. The molecule has 0 N–H and O–H groups in total. The van der Waals surface area contributed by atoms with Crippen LogP contribution in [0, 0.1) is 6.92 Å². The van der Waals surface area contributed by atoms with Crippen LogP contribution >= 0.6 is 20.2 Å². The molecule has 2 aromatic rings. The van der Waals surface area contributed by atoms with Gasteiger partial charge in [0.05, 0.1) is 28.6 Å². The number of benzene rings is 2. The Kier molecular flexibility index (Phi) is 8.36. The molecule has 4 nitrogen and oxygen atoms in total. The van der Waals surface area contributed by atoms with Gasteiger partial charge in [0.15, 0.2) is 5.52 Å². The lowest BCUT2D eigenvalue weighted by Gasteiger charge is -2.22. The van der Waals surface area contributed by atoms with E-state index in [9.17, 15) is 4.79 Å². The molecule has 1 atom stereocenters. The van der Waals surface area contributed by atoms with Gasteiger partial charge in [-0.15, -0.1) is 0 Å². The van der Waals surface area contributed by atoms with Crippen LogP contribution in [-0.4, -0.2) is 23.8 Å². The molecule has 0 aromatic heterocycles. The average molecular weight is 437 g/mol. The molecule has 0 fully saturated rings. The van der Waals surface area contributed by atoms with Crippen molar-refractivity contribution < 1.29 is 19.0 Å². The van der Waals surface area contributed by atoms with Crippen molar-refractivity contribution in [1.29, 1.82) is 0 Å². The molecule has 0 saturated heterocycles. The summed E-state index contributed by atoms with van der Waals surface area (Å²) in [5, 5.41) is 1.19. The largest absolute Gasteiger partial charge is 0.491 e. The zero-order valence-electron chi connectivity index (χ0n) is 18.1. The predicted molar refractivity (Wildman–Crippen MR) is 122 cm³/mol. The first-order valence-corrected chi connectivity index (χ1v) is 11.2. The summed E-state index contributed by atoms with van der Waals surface area (Å²) in [6.07, 6.45) is -0.108. The highest BCUT2D eigenvalue weighted by Crippen LogP contribution is 2.37. The minimum Gasteiger partial charge on any atom is -0.491 e. The Labute approximate surface area is 180 Å². The van der Waals surface area contributed by atoms with Crippen molar-refractivity contribution >= 4 is 31.0 Å². The summed E-state index contributed by atoms with van der Waals surface area (Å²) >= 11 is 6.32. The van der Waals surface area contributed by atoms with Crippen LogP contribution in [0.15, 0.2) is 30.3 Å². The van der Waals surface area contributed by atoms with Gasteiger partial charge >= 0.3 is 0 Å². The second kappa shape index (κ2) is 10.3. The second-order valence-electron chi connectivity index (χ2n) is 7.68. The van der Waals surface area contributed by atoms with E-state index in [1.807, 2.05) is 72.7 Å². The first-order valence-electron chi connectivity index (χ1n) is 9.83. The third-order valence-corrected chi connectivity index (χ3v) is 5.36. The SMILES string of the molecule is Cc1cccc(Cl)c1C(=O)Pc1c(OC(C)C)cc(OC(C)C)cc1OC(C)C. The molecule has 0 bridgehead atoms. The summed E-state index contributed by atoms with van der Waals surface area (Å²) in [5.74, 6) is 1.86. The van der Waals surface area contributed by atoms with E-state index in [1.165, 1.54) is 0 Å². The summed E-state index contributed by atoms with van der Waals surface area (Å²) in [4.78, 5) is 13.2. The maximum absolute atomic E-state index is 13.2. The van der Waals surface area contributed by atoms with Gasteiger partial charge in [-0.3, -0.25) is 4.79 Å². The van der Waals surface area contributed by atoms with Gasteiger partial charge in [-0.25, -0.2) is 0 Å². The second-order valence-corrected chi connectivity index (χ2v) is 9.29. The zero-order chi connectivity index (χ0) is 21.7. The van der Waals surface area contributed by atoms with E-state index in [-0.39, 0.29) is 32.4 Å². The van der Waals surface area contributed by atoms with Crippen molar-refractivity contribution in [2.24, 2.45) is 0 Å². The Morgan fingerprint density at radius 2 is 1.41 bits per heavy atom. The molecule has 6 heteroatoms. The molecule has 1 unspecified atom stereocenters. The standard InChI is InChI=1S/C23H30ClO4P/c1-13(2)26-17-11-19(27-14(3)4)22(20(12-17)28-15(5)6)29-23(25)21-16(7)9-8-10-18(21)24/h8-15,29H,1-7H3. The van der Waals surface area contributed by atoms with Crippen LogP contribution in [0.1, 0.15) is 57.5 Å². The maximum atomic E-state index is 13.2. The van der Waals surface area contributed by atoms with E-state index >= 15 is 0 Å². The molecule has 0 aliphatic rings. The van der Waals surface area contributed by atoms with Gasteiger partial charge in [0.25, 0.3) is 0 Å². The first kappa shape index (κ1) is 23.5. The highest BCUT2D eigenvalue weighted by Gasteiger charge is 2.22. The summed E-state index contributed by atoms with van der Waals surface area (Å²) in [6.45, 7) is 13.6. The Bertz CT molecular complexity index is 811. The smallest absolute Gasteiger partial charge is 0.187 e. The van der Waals surface area contributed by atoms with Crippen molar-refractivity contribution in [3.8, 4) is 17.2 Å². The molecule has 0 amide bonds. The van der Waals surface area contributed by atoms with Crippen LogP contribution in [0.4, 0.5) is 0 Å². The Hall–Kier alpha value is -1.77. The predicted octanol–water partition coefficient (Wildman–Crippen LogP) is 6.15. The third-order valence-electron chi connectivity index (χ3n) is 3.82. The molecule has 0 radical (unpaired) electrons. The Morgan fingerprint density at radius 1 is 0.897 bits per heavy atom. The third kappa shape index (κ3) is 6.62. The van der Waals surface area contributed by atoms with Gasteiger partial charge in [-0.1, -0.05) is 23.7 Å². The molecule has 0 heterocycles. The Balaban J connectivity index is 2.55. The summed E-state index contributed by atoms with van der Waals surface area (Å²) in [5.41, 5.74) is 1.35. The number of aryl methyl sites for hydroxylation is 1. The number of ether oxygens (including phenoxy) is 3. The normalized spacial score (nSPS) is 11.7. The van der Waals surface area contributed by atoms with Crippen molar-refractivity contribution in [2.75, 3.05) is 0 Å². The van der Waals surface area contributed by atoms with Crippen LogP contribution in [0.5, 0.6) is 17.2 Å². The van der Waals surface area contributed by atoms with E-state index in [4.69, 9.17) is 25.8 Å². The number of carbonyl (C=O) groups excluding carboxylic acids is 1. The number of rotatable bonds is 9.